The Hall–Kier alpha value is -4.15. The van der Waals surface area contributed by atoms with Crippen LogP contribution < -0.4 is 15.8 Å². The summed E-state index contributed by atoms with van der Waals surface area (Å²) in [5.74, 6) is -2.38. The maximum atomic E-state index is 12.4. The number of carboxylic acid groups (broad SMARTS) is 1. The number of fused-ring (bicyclic) bond motifs is 1. The largest absolute Gasteiger partial charge is 0.506 e. The van der Waals surface area contributed by atoms with Crippen molar-refractivity contribution in [2.24, 2.45) is 5.73 Å². The Morgan fingerprint density at radius 1 is 1.30 bits per heavy atom. The Morgan fingerprint density at radius 2 is 2.07 bits per heavy atom. The molecule has 0 aliphatic heterocycles. The minimum Gasteiger partial charge on any atom is -0.506 e. The van der Waals surface area contributed by atoms with Crippen LogP contribution in [0.3, 0.4) is 0 Å². The lowest BCUT2D eigenvalue weighted by atomic mass is 10.2. The van der Waals surface area contributed by atoms with Crippen molar-refractivity contribution >= 4 is 29.2 Å². The predicted octanol–water partition coefficient (Wildman–Crippen LogP) is 0.587. The molecule has 11 nitrogen and oxygen atoms in total. The van der Waals surface area contributed by atoms with Crippen molar-refractivity contribution in [3.63, 3.8) is 0 Å². The zero-order valence-electron chi connectivity index (χ0n) is 13.7. The molecule has 1 aromatic carbocycles. The monoisotopic (exact) mass is 370 g/mol. The van der Waals surface area contributed by atoms with Crippen LogP contribution in [0.2, 0.25) is 0 Å². The molecule has 0 saturated carbocycles. The second-order valence-electron chi connectivity index (χ2n) is 5.42. The van der Waals surface area contributed by atoms with Gasteiger partial charge in [-0.2, -0.15) is 5.10 Å². The van der Waals surface area contributed by atoms with Crippen LogP contribution in [0.15, 0.2) is 36.7 Å². The Labute approximate surface area is 151 Å². The minimum absolute atomic E-state index is 0.0499. The van der Waals surface area contributed by atoms with E-state index in [2.05, 4.69) is 15.4 Å². The second kappa shape index (κ2) is 7.00. The van der Waals surface area contributed by atoms with E-state index in [0.29, 0.717) is 5.69 Å². The smallest absolute Gasteiger partial charge is 0.343 e. The van der Waals surface area contributed by atoms with Crippen LogP contribution in [-0.2, 0) is 11.2 Å². The number of anilines is 1. The fourth-order valence-corrected chi connectivity index (χ4v) is 2.37. The van der Waals surface area contributed by atoms with Gasteiger partial charge in [-0.15, -0.1) is 0 Å². The molecular weight excluding hydrogens is 356 g/mol. The maximum absolute atomic E-state index is 12.4. The topological polar surface area (TPSA) is 176 Å². The lowest BCUT2D eigenvalue weighted by Crippen LogP contribution is -2.20. The Bertz CT molecular complexity index is 1060. The number of phenols is 1. The number of ether oxygens (including phenoxy) is 1. The first-order chi connectivity index (χ1) is 12.8. The molecule has 3 rings (SSSR count). The summed E-state index contributed by atoms with van der Waals surface area (Å²) >= 11 is 0. The molecule has 11 heteroatoms. The van der Waals surface area contributed by atoms with E-state index in [1.54, 1.807) is 0 Å². The molecule has 6 N–H and O–H groups in total. The minimum atomic E-state index is -1.04. The standard InChI is InChI=1S/C16H14N6O5/c17-16(18)21-10-3-1-8(5-11(10)23)15(26)27-12-4-2-9(6-13(24)25)22-14(12)19-7-20-22/h1-5,7,23H,6H2,(H,24,25)(H4,17,18,21). The van der Waals surface area contributed by atoms with E-state index in [4.69, 9.17) is 21.0 Å². The molecule has 0 saturated heterocycles. The summed E-state index contributed by atoms with van der Waals surface area (Å²) in [7, 11) is 0. The average molecular weight is 370 g/mol. The summed E-state index contributed by atoms with van der Waals surface area (Å²) in [5.41, 5.74) is 5.96. The van der Waals surface area contributed by atoms with Gasteiger partial charge in [0.1, 0.15) is 12.1 Å². The first kappa shape index (κ1) is 17.7. The van der Waals surface area contributed by atoms with Gasteiger partial charge in [0.15, 0.2) is 17.4 Å². The summed E-state index contributed by atoms with van der Waals surface area (Å²) in [6.07, 6.45) is 0.943. The van der Waals surface area contributed by atoms with Crippen molar-refractivity contribution < 1.29 is 24.5 Å². The van der Waals surface area contributed by atoms with Gasteiger partial charge in [0.2, 0.25) is 0 Å². The number of pyridine rings is 1. The number of hydrogen-bond acceptors (Lipinski definition) is 7. The average Bonchev–Trinajstić information content (AvgIpc) is 3.08. The molecule has 0 atom stereocenters. The van der Waals surface area contributed by atoms with Crippen LogP contribution in [0.1, 0.15) is 16.1 Å². The SMILES string of the molecule is N=C(N)Nc1ccc(C(=O)Oc2ccc(CC(=O)O)n3ncnc23)cc1O. The number of nitrogens with zero attached hydrogens (tertiary/aromatic N) is 3. The Balaban J connectivity index is 1.86. The predicted molar refractivity (Wildman–Crippen MR) is 92.9 cm³/mol. The highest BCUT2D eigenvalue weighted by molar-refractivity contribution is 5.95. The summed E-state index contributed by atoms with van der Waals surface area (Å²) in [6, 6.07) is 6.80. The molecule has 27 heavy (non-hydrogen) atoms. The lowest BCUT2D eigenvalue weighted by molar-refractivity contribution is -0.136. The Kier molecular flexibility index (Phi) is 4.58. The first-order valence-corrected chi connectivity index (χ1v) is 7.55. The van der Waals surface area contributed by atoms with Gasteiger partial charge in [-0.25, -0.2) is 14.3 Å². The number of guanidine groups is 1. The summed E-state index contributed by atoms with van der Waals surface area (Å²) in [6.45, 7) is 0. The van der Waals surface area contributed by atoms with Gasteiger partial charge in [-0.3, -0.25) is 10.2 Å². The van der Waals surface area contributed by atoms with Gasteiger partial charge >= 0.3 is 11.9 Å². The zero-order chi connectivity index (χ0) is 19.6. The van der Waals surface area contributed by atoms with Crippen LogP contribution in [-0.4, -0.2) is 42.7 Å². The Morgan fingerprint density at radius 3 is 2.74 bits per heavy atom. The van der Waals surface area contributed by atoms with Crippen molar-refractivity contribution in [3.05, 3.63) is 47.9 Å². The van der Waals surface area contributed by atoms with Crippen molar-refractivity contribution in [2.45, 2.75) is 6.42 Å². The van der Waals surface area contributed by atoms with Crippen molar-refractivity contribution in [1.29, 1.82) is 5.41 Å². The molecule has 3 aromatic rings. The number of carboxylic acids is 1. The highest BCUT2D eigenvalue weighted by Crippen LogP contribution is 2.26. The number of rotatable bonds is 5. The lowest BCUT2D eigenvalue weighted by Gasteiger charge is -2.10. The van der Waals surface area contributed by atoms with E-state index in [1.807, 2.05) is 0 Å². The number of carbonyl (C=O) groups excluding carboxylic acids is 1. The molecular formula is C16H14N6O5. The third kappa shape index (κ3) is 3.76. The first-order valence-electron chi connectivity index (χ1n) is 7.55. The molecule has 0 amide bonds. The molecule has 0 radical (unpaired) electrons. The van der Waals surface area contributed by atoms with Crippen LogP contribution in [0.25, 0.3) is 5.65 Å². The molecule has 0 aliphatic rings. The quantitative estimate of drug-likeness (QED) is 0.186. The number of phenolic OH excluding ortho intramolecular Hbond substituents is 1. The molecule has 0 fully saturated rings. The number of aromatic nitrogens is 3. The van der Waals surface area contributed by atoms with Crippen LogP contribution >= 0.6 is 0 Å². The highest BCUT2D eigenvalue weighted by atomic mass is 16.5. The van der Waals surface area contributed by atoms with Gasteiger partial charge < -0.3 is 26.0 Å². The van der Waals surface area contributed by atoms with Crippen LogP contribution in [0, 0.1) is 5.41 Å². The second-order valence-corrected chi connectivity index (χ2v) is 5.42. The van der Waals surface area contributed by atoms with Crippen molar-refractivity contribution in [3.8, 4) is 11.5 Å². The van der Waals surface area contributed by atoms with Crippen LogP contribution in [0.5, 0.6) is 11.5 Å². The maximum Gasteiger partial charge on any atom is 0.343 e. The van der Waals surface area contributed by atoms with Crippen LogP contribution in [0.4, 0.5) is 5.69 Å². The zero-order valence-corrected chi connectivity index (χ0v) is 13.7. The number of nitrogens with one attached hydrogen (secondary N) is 2. The van der Waals surface area contributed by atoms with E-state index in [-0.39, 0.29) is 40.8 Å². The van der Waals surface area contributed by atoms with Gasteiger partial charge in [0.05, 0.1) is 23.4 Å². The van der Waals surface area contributed by atoms with Crippen molar-refractivity contribution in [1.82, 2.24) is 14.6 Å². The number of hydrogen-bond donors (Lipinski definition) is 5. The molecule has 0 aliphatic carbocycles. The van der Waals surface area contributed by atoms with E-state index in [1.165, 1.54) is 35.1 Å². The molecule has 0 bridgehead atoms. The molecule has 2 heterocycles. The number of nitrogens with two attached hydrogens (primary N) is 1. The number of aliphatic carboxylic acids is 1. The molecule has 138 valence electrons. The van der Waals surface area contributed by atoms with E-state index in [9.17, 15) is 14.7 Å². The van der Waals surface area contributed by atoms with Gasteiger partial charge in [-0.05, 0) is 30.3 Å². The number of aromatic hydroxyl groups is 1. The number of esters is 1. The van der Waals surface area contributed by atoms with Crippen molar-refractivity contribution in [2.75, 3.05) is 5.32 Å². The summed E-state index contributed by atoms with van der Waals surface area (Å²) in [5, 5.41) is 32.3. The van der Waals surface area contributed by atoms with E-state index < -0.39 is 11.9 Å². The fourth-order valence-electron chi connectivity index (χ4n) is 2.37. The summed E-state index contributed by atoms with van der Waals surface area (Å²) in [4.78, 5) is 27.2. The third-order valence-corrected chi connectivity index (χ3v) is 3.51. The van der Waals surface area contributed by atoms with E-state index in [0.717, 1.165) is 6.07 Å². The van der Waals surface area contributed by atoms with E-state index >= 15 is 0 Å². The molecule has 0 spiro atoms. The fraction of sp³-hybridized carbons (Fsp3) is 0.0625. The highest BCUT2D eigenvalue weighted by Gasteiger charge is 2.17. The molecule has 2 aromatic heterocycles. The summed E-state index contributed by atoms with van der Waals surface area (Å²) < 4.78 is 6.57. The van der Waals surface area contributed by atoms with Gasteiger partial charge in [-0.1, -0.05) is 0 Å². The number of benzene rings is 1. The normalized spacial score (nSPS) is 10.5. The third-order valence-electron chi connectivity index (χ3n) is 3.51. The number of carbonyl (C=O) groups is 2. The van der Waals surface area contributed by atoms with Gasteiger partial charge in [0, 0.05) is 0 Å². The van der Waals surface area contributed by atoms with Gasteiger partial charge in [0.25, 0.3) is 0 Å². The molecule has 0 unspecified atom stereocenters.